The molecule has 0 N–H and O–H groups in total. The molecule has 1 aliphatic heterocycles. The zero-order valence-electron chi connectivity index (χ0n) is 11.9. The average molecular weight is 262 g/mol. The third-order valence-corrected chi connectivity index (χ3v) is 3.61. The molecule has 19 heavy (non-hydrogen) atoms. The van der Waals surface area contributed by atoms with Gasteiger partial charge in [0.25, 0.3) is 0 Å². The molecule has 4 nitrogen and oxygen atoms in total. The van der Waals surface area contributed by atoms with Gasteiger partial charge in [0, 0.05) is 25.7 Å². The molecule has 4 heteroatoms. The van der Waals surface area contributed by atoms with E-state index >= 15 is 0 Å². The van der Waals surface area contributed by atoms with Crippen LogP contribution < -0.4 is 4.74 Å². The van der Waals surface area contributed by atoms with E-state index in [9.17, 15) is 4.79 Å². The number of ether oxygens (including phenoxy) is 1. The number of benzene rings is 1. The standard InChI is InChI=1S/C15H22N2O2/c1-12(2)16-8-9-17(15(18)11-16)10-13-4-6-14(19-3)7-5-13/h4-7,12H,8-11H2,1-3H3. The highest BCUT2D eigenvalue weighted by Gasteiger charge is 2.25. The highest BCUT2D eigenvalue weighted by atomic mass is 16.5. The first-order valence-electron chi connectivity index (χ1n) is 6.75. The van der Waals surface area contributed by atoms with E-state index in [1.807, 2.05) is 29.2 Å². The van der Waals surface area contributed by atoms with Crippen molar-refractivity contribution in [2.24, 2.45) is 0 Å². The fraction of sp³-hybridized carbons (Fsp3) is 0.533. The molecule has 1 fully saturated rings. The molecular formula is C15H22N2O2. The predicted octanol–water partition coefficient (Wildman–Crippen LogP) is 1.75. The number of nitrogens with zero attached hydrogens (tertiary/aromatic N) is 2. The molecule has 1 amide bonds. The Labute approximate surface area is 115 Å². The van der Waals surface area contributed by atoms with Crippen LogP contribution in [0.2, 0.25) is 0 Å². The first kappa shape index (κ1) is 13.9. The molecule has 0 aromatic heterocycles. The normalized spacial score (nSPS) is 17.1. The minimum absolute atomic E-state index is 0.218. The third kappa shape index (κ3) is 3.47. The van der Waals surface area contributed by atoms with Gasteiger partial charge < -0.3 is 9.64 Å². The smallest absolute Gasteiger partial charge is 0.237 e. The summed E-state index contributed by atoms with van der Waals surface area (Å²) >= 11 is 0. The summed E-state index contributed by atoms with van der Waals surface area (Å²) < 4.78 is 5.13. The van der Waals surface area contributed by atoms with Crippen LogP contribution >= 0.6 is 0 Å². The minimum atomic E-state index is 0.218. The molecule has 0 atom stereocenters. The fourth-order valence-electron chi connectivity index (χ4n) is 2.29. The molecule has 0 unspecified atom stereocenters. The van der Waals surface area contributed by atoms with Crippen molar-refractivity contribution in [1.82, 2.24) is 9.80 Å². The lowest BCUT2D eigenvalue weighted by Crippen LogP contribution is -2.51. The van der Waals surface area contributed by atoms with Gasteiger partial charge in [-0.3, -0.25) is 9.69 Å². The Balaban J connectivity index is 1.94. The quantitative estimate of drug-likeness (QED) is 0.828. The van der Waals surface area contributed by atoms with Gasteiger partial charge in [0.2, 0.25) is 5.91 Å². The molecular weight excluding hydrogens is 240 g/mol. The Kier molecular flexibility index (Phi) is 4.43. The van der Waals surface area contributed by atoms with Crippen molar-refractivity contribution in [3.8, 4) is 5.75 Å². The molecule has 1 saturated heterocycles. The zero-order valence-corrected chi connectivity index (χ0v) is 11.9. The number of carbonyl (C=O) groups is 1. The number of carbonyl (C=O) groups excluding carboxylic acids is 1. The Morgan fingerprint density at radius 3 is 2.42 bits per heavy atom. The number of piperazine rings is 1. The average Bonchev–Trinajstić information content (AvgIpc) is 2.41. The largest absolute Gasteiger partial charge is 0.497 e. The summed E-state index contributed by atoms with van der Waals surface area (Å²) in [5, 5.41) is 0. The number of rotatable bonds is 4. The fourth-order valence-corrected chi connectivity index (χ4v) is 2.29. The maximum absolute atomic E-state index is 12.1. The van der Waals surface area contributed by atoms with E-state index in [0.717, 1.165) is 24.4 Å². The molecule has 104 valence electrons. The lowest BCUT2D eigenvalue weighted by atomic mass is 10.1. The van der Waals surface area contributed by atoms with Crippen molar-refractivity contribution in [2.75, 3.05) is 26.7 Å². The van der Waals surface area contributed by atoms with Gasteiger partial charge >= 0.3 is 0 Å². The van der Waals surface area contributed by atoms with E-state index in [4.69, 9.17) is 4.74 Å². The maximum Gasteiger partial charge on any atom is 0.237 e. The van der Waals surface area contributed by atoms with Crippen LogP contribution in [-0.2, 0) is 11.3 Å². The summed E-state index contributed by atoms with van der Waals surface area (Å²) in [6.45, 7) is 7.25. The SMILES string of the molecule is COc1ccc(CN2CCN(C(C)C)CC2=O)cc1. The van der Waals surface area contributed by atoms with Crippen LogP contribution in [0.15, 0.2) is 24.3 Å². The van der Waals surface area contributed by atoms with Gasteiger partial charge in [-0.1, -0.05) is 12.1 Å². The highest BCUT2D eigenvalue weighted by Crippen LogP contribution is 2.15. The maximum atomic E-state index is 12.1. The van der Waals surface area contributed by atoms with Gasteiger partial charge in [0.1, 0.15) is 5.75 Å². The summed E-state index contributed by atoms with van der Waals surface area (Å²) in [7, 11) is 1.66. The van der Waals surface area contributed by atoms with Crippen molar-refractivity contribution in [2.45, 2.75) is 26.4 Å². The molecule has 1 heterocycles. The first-order valence-corrected chi connectivity index (χ1v) is 6.75. The Morgan fingerprint density at radius 2 is 1.89 bits per heavy atom. The van der Waals surface area contributed by atoms with Crippen molar-refractivity contribution in [3.05, 3.63) is 29.8 Å². The predicted molar refractivity (Wildman–Crippen MR) is 75.1 cm³/mol. The minimum Gasteiger partial charge on any atom is -0.497 e. The van der Waals surface area contributed by atoms with Gasteiger partial charge in [0.05, 0.1) is 13.7 Å². The second-order valence-corrected chi connectivity index (χ2v) is 5.23. The number of methoxy groups -OCH3 is 1. The van der Waals surface area contributed by atoms with Crippen LogP contribution in [0.5, 0.6) is 5.75 Å². The Bertz CT molecular complexity index is 428. The van der Waals surface area contributed by atoms with Gasteiger partial charge in [-0.2, -0.15) is 0 Å². The lowest BCUT2D eigenvalue weighted by Gasteiger charge is -2.36. The van der Waals surface area contributed by atoms with Gasteiger partial charge in [0.15, 0.2) is 0 Å². The molecule has 1 aromatic carbocycles. The van der Waals surface area contributed by atoms with Crippen molar-refractivity contribution >= 4 is 5.91 Å². The van der Waals surface area contributed by atoms with E-state index in [0.29, 0.717) is 19.1 Å². The van der Waals surface area contributed by atoms with Crippen molar-refractivity contribution < 1.29 is 9.53 Å². The highest BCUT2D eigenvalue weighted by molar-refractivity contribution is 5.79. The summed E-state index contributed by atoms with van der Waals surface area (Å²) in [4.78, 5) is 16.2. The second-order valence-electron chi connectivity index (χ2n) is 5.23. The van der Waals surface area contributed by atoms with E-state index in [2.05, 4.69) is 18.7 Å². The third-order valence-electron chi connectivity index (χ3n) is 3.61. The summed E-state index contributed by atoms with van der Waals surface area (Å²) in [5.41, 5.74) is 1.15. The Morgan fingerprint density at radius 1 is 1.21 bits per heavy atom. The van der Waals surface area contributed by atoms with E-state index in [-0.39, 0.29) is 5.91 Å². The van der Waals surface area contributed by atoms with Crippen LogP contribution in [-0.4, -0.2) is 48.5 Å². The monoisotopic (exact) mass is 262 g/mol. The Hall–Kier alpha value is -1.55. The van der Waals surface area contributed by atoms with E-state index in [1.165, 1.54) is 0 Å². The lowest BCUT2D eigenvalue weighted by molar-refractivity contribution is -0.137. The van der Waals surface area contributed by atoms with E-state index in [1.54, 1.807) is 7.11 Å². The molecule has 1 aromatic rings. The molecule has 0 spiro atoms. The van der Waals surface area contributed by atoms with Crippen LogP contribution in [0.25, 0.3) is 0 Å². The first-order chi connectivity index (χ1) is 9.10. The summed E-state index contributed by atoms with van der Waals surface area (Å²) in [6, 6.07) is 8.34. The van der Waals surface area contributed by atoms with E-state index < -0.39 is 0 Å². The molecule has 1 aliphatic rings. The molecule has 2 rings (SSSR count). The van der Waals surface area contributed by atoms with Crippen LogP contribution in [0, 0.1) is 0 Å². The van der Waals surface area contributed by atoms with Crippen molar-refractivity contribution in [1.29, 1.82) is 0 Å². The van der Waals surface area contributed by atoms with Crippen LogP contribution in [0.4, 0.5) is 0 Å². The molecule has 0 bridgehead atoms. The summed E-state index contributed by atoms with van der Waals surface area (Å²) in [6.07, 6.45) is 0. The summed E-state index contributed by atoms with van der Waals surface area (Å²) in [5.74, 6) is 1.07. The molecule has 0 radical (unpaired) electrons. The van der Waals surface area contributed by atoms with Crippen LogP contribution in [0.3, 0.4) is 0 Å². The van der Waals surface area contributed by atoms with Gasteiger partial charge in [-0.25, -0.2) is 0 Å². The van der Waals surface area contributed by atoms with Crippen molar-refractivity contribution in [3.63, 3.8) is 0 Å². The van der Waals surface area contributed by atoms with Gasteiger partial charge in [-0.05, 0) is 31.5 Å². The number of hydrogen-bond acceptors (Lipinski definition) is 3. The second kappa shape index (κ2) is 6.06. The zero-order chi connectivity index (χ0) is 13.8. The number of amides is 1. The molecule has 0 saturated carbocycles. The van der Waals surface area contributed by atoms with Crippen LogP contribution in [0.1, 0.15) is 19.4 Å². The molecule has 0 aliphatic carbocycles. The topological polar surface area (TPSA) is 32.8 Å². The number of hydrogen-bond donors (Lipinski definition) is 0. The van der Waals surface area contributed by atoms with Gasteiger partial charge in [-0.15, -0.1) is 0 Å².